The molecule has 0 fully saturated rings. The van der Waals surface area contributed by atoms with Gasteiger partial charge in [0.2, 0.25) is 0 Å². The van der Waals surface area contributed by atoms with Gasteiger partial charge in [-0.05, 0) is 12.3 Å². The minimum atomic E-state index is 0. The van der Waals surface area contributed by atoms with Gasteiger partial charge in [0.25, 0.3) is 0 Å². The summed E-state index contributed by atoms with van der Waals surface area (Å²) in [4.78, 5) is 0. The van der Waals surface area contributed by atoms with Crippen molar-refractivity contribution in [1.82, 2.24) is 0 Å². The number of hydrogen-bond donors (Lipinski definition) is 1. The van der Waals surface area contributed by atoms with Gasteiger partial charge in [0.1, 0.15) is 0 Å². The second kappa shape index (κ2) is 5.81. The Kier molecular flexibility index (Phi) is 7.28. The fourth-order valence-electron chi connectivity index (χ4n) is 0.495. The molecular formula is C8H20ClNO. The van der Waals surface area contributed by atoms with Gasteiger partial charge in [-0.25, -0.2) is 0 Å². The van der Waals surface area contributed by atoms with Gasteiger partial charge in [-0.3, -0.25) is 0 Å². The molecule has 3 heteroatoms. The van der Waals surface area contributed by atoms with Crippen LogP contribution in [0.3, 0.4) is 0 Å². The van der Waals surface area contributed by atoms with Crippen LogP contribution in [-0.2, 0) is 4.74 Å². The first-order valence-corrected chi connectivity index (χ1v) is 3.81. The van der Waals surface area contributed by atoms with Crippen molar-refractivity contribution < 1.29 is 4.74 Å². The Morgan fingerprint density at radius 2 is 1.82 bits per heavy atom. The van der Waals surface area contributed by atoms with Crippen LogP contribution in [-0.4, -0.2) is 19.3 Å². The lowest BCUT2D eigenvalue weighted by atomic mass is 9.88. The topological polar surface area (TPSA) is 35.2 Å². The second-order valence-electron chi connectivity index (χ2n) is 3.63. The highest BCUT2D eigenvalue weighted by molar-refractivity contribution is 5.85. The molecule has 0 saturated heterocycles. The van der Waals surface area contributed by atoms with E-state index in [4.69, 9.17) is 10.5 Å². The zero-order valence-electron chi connectivity index (χ0n) is 7.89. The third-order valence-corrected chi connectivity index (χ3v) is 1.61. The Balaban J connectivity index is 0. The van der Waals surface area contributed by atoms with E-state index >= 15 is 0 Å². The van der Waals surface area contributed by atoms with Crippen molar-refractivity contribution in [3.63, 3.8) is 0 Å². The van der Waals surface area contributed by atoms with Crippen LogP contribution >= 0.6 is 12.4 Å². The Hall–Kier alpha value is 0.210. The van der Waals surface area contributed by atoms with Gasteiger partial charge in [0.15, 0.2) is 0 Å². The average Bonchev–Trinajstić information content (AvgIpc) is 1.80. The molecule has 70 valence electrons. The SMILES string of the molecule is CCOCC(N)C(C)(C)C.Cl. The van der Waals surface area contributed by atoms with Crippen molar-refractivity contribution in [2.75, 3.05) is 13.2 Å². The van der Waals surface area contributed by atoms with Crippen LogP contribution in [0.2, 0.25) is 0 Å². The molecule has 1 atom stereocenters. The maximum absolute atomic E-state index is 5.81. The van der Waals surface area contributed by atoms with Crippen molar-refractivity contribution in [3.8, 4) is 0 Å². The maximum Gasteiger partial charge on any atom is 0.0622 e. The number of rotatable bonds is 3. The number of nitrogens with two attached hydrogens (primary N) is 1. The molecule has 0 aliphatic heterocycles. The van der Waals surface area contributed by atoms with Crippen molar-refractivity contribution in [2.45, 2.75) is 33.7 Å². The molecule has 0 saturated carbocycles. The van der Waals surface area contributed by atoms with Crippen LogP contribution in [0.4, 0.5) is 0 Å². The predicted molar refractivity (Wildman–Crippen MR) is 51.2 cm³/mol. The van der Waals surface area contributed by atoms with E-state index < -0.39 is 0 Å². The van der Waals surface area contributed by atoms with Crippen LogP contribution in [0.5, 0.6) is 0 Å². The molecule has 0 aliphatic carbocycles. The lowest BCUT2D eigenvalue weighted by molar-refractivity contribution is 0.0997. The monoisotopic (exact) mass is 181 g/mol. The van der Waals surface area contributed by atoms with E-state index in [0.29, 0.717) is 6.61 Å². The molecule has 0 aliphatic rings. The highest BCUT2D eigenvalue weighted by atomic mass is 35.5. The van der Waals surface area contributed by atoms with E-state index in [1.165, 1.54) is 0 Å². The standard InChI is InChI=1S/C8H19NO.ClH/c1-5-10-6-7(9)8(2,3)4;/h7H,5-6,9H2,1-4H3;1H. The molecular weight excluding hydrogens is 162 g/mol. The fraction of sp³-hybridized carbons (Fsp3) is 1.00. The Labute approximate surface area is 75.9 Å². The normalized spacial score (nSPS) is 13.9. The molecule has 2 N–H and O–H groups in total. The Morgan fingerprint density at radius 1 is 1.36 bits per heavy atom. The van der Waals surface area contributed by atoms with Gasteiger partial charge >= 0.3 is 0 Å². The third kappa shape index (κ3) is 6.60. The van der Waals surface area contributed by atoms with Crippen LogP contribution in [0.1, 0.15) is 27.7 Å². The van der Waals surface area contributed by atoms with Crippen molar-refractivity contribution in [2.24, 2.45) is 11.1 Å². The number of hydrogen-bond acceptors (Lipinski definition) is 2. The van der Waals surface area contributed by atoms with Crippen LogP contribution in [0.15, 0.2) is 0 Å². The molecule has 0 aromatic heterocycles. The Bertz CT molecular complexity index is 90.6. The highest BCUT2D eigenvalue weighted by Gasteiger charge is 2.19. The predicted octanol–water partition coefficient (Wildman–Crippen LogP) is 1.82. The van der Waals surface area contributed by atoms with Gasteiger partial charge < -0.3 is 10.5 Å². The van der Waals surface area contributed by atoms with Gasteiger partial charge in [0.05, 0.1) is 6.61 Å². The van der Waals surface area contributed by atoms with Crippen molar-refractivity contribution >= 4 is 12.4 Å². The van der Waals surface area contributed by atoms with Crippen LogP contribution < -0.4 is 5.73 Å². The van der Waals surface area contributed by atoms with Gasteiger partial charge in [0, 0.05) is 12.6 Å². The maximum atomic E-state index is 5.81. The van der Waals surface area contributed by atoms with Crippen LogP contribution in [0.25, 0.3) is 0 Å². The van der Waals surface area contributed by atoms with Gasteiger partial charge in [-0.15, -0.1) is 12.4 Å². The highest BCUT2D eigenvalue weighted by Crippen LogP contribution is 2.16. The largest absolute Gasteiger partial charge is 0.380 e. The number of halogens is 1. The number of ether oxygens (including phenoxy) is 1. The lowest BCUT2D eigenvalue weighted by Crippen LogP contribution is -2.39. The first-order valence-electron chi connectivity index (χ1n) is 3.81. The molecule has 2 nitrogen and oxygen atoms in total. The summed E-state index contributed by atoms with van der Waals surface area (Å²) in [5.74, 6) is 0. The summed E-state index contributed by atoms with van der Waals surface area (Å²) in [5, 5.41) is 0. The van der Waals surface area contributed by atoms with Crippen molar-refractivity contribution in [3.05, 3.63) is 0 Å². The first kappa shape index (κ1) is 13.8. The second-order valence-corrected chi connectivity index (χ2v) is 3.63. The molecule has 0 amide bonds. The summed E-state index contributed by atoms with van der Waals surface area (Å²) < 4.78 is 5.20. The summed E-state index contributed by atoms with van der Waals surface area (Å²) in [5.41, 5.74) is 5.97. The molecule has 0 radical (unpaired) electrons. The molecule has 0 bridgehead atoms. The van der Waals surface area contributed by atoms with Gasteiger partial charge in [-0.1, -0.05) is 20.8 Å². The van der Waals surface area contributed by atoms with Crippen LogP contribution in [0, 0.1) is 5.41 Å². The molecule has 0 aromatic carbocycles. The summed E-state index contributed by atoms with van der Waals surface area (Å²) in [6.45, 7) is 9.77. The zero-order chi connectivity index (χ0) is 8.20. The molecule has 0 heterocycles. The minimum Gasteiger partial charge on any atom is -0.380 e. The van der Waals surface area contributed by atoms with E-state index in [1.54, 1.807) is 0 Å². The lowest BCUT2D eigenvalue weighted by Gasteiger charge is -2.26. The third-order valence-electron chi connectivity index (χ3n) is 1.61. The van der Waals surface area contributed by atoms with E-state index in [1.807, 2.05) is 6.92 Å². The van der Waals surface area contributed by atoms with E-state index in [0.717, 1.165) is 6.61 Å². The summed E-state index contributed by atoms with van der Waals surface area (Å²) in [6.07, 6.45) is 0. The molecule has 1 unspecified atom stereocenters. The molecule has 0 spiro atoms. The van der Waals surface area contributed by atoms with E-state index in [9.17, 15) is 0 Å². The van der Waals surface area contributed by atoms with E-state index in [-0.39, 0.29) is 23.9 Å². The first-order chi connectivity index (χ1) is 4.48. The summed E-state index contributed by atoms with van der Waals surface area (Å²) >= 11 is 0. The molecule has 0 aromatic rings. The summed E-state index contributed by atoms with van der Waals surface area (Å²) in [6, 6.07) is 0.146. The van der Waals surface area contributed by atoms with Gasteiger partial charge in [-0.2, -0.15) is 0 Å². The minimum absolute atomic E-state index is 0. The average molecular weight is 182 g/mol. The van der Waals surface area contributed by atoms with Crippen molar-refractivity contribution in [1.29, 1.82) is 0 Å². The fourth-order valence-corrected chi connectivity index (χ4v) is 0.495. The molecule has 0 rings (SSSR count). The Morgan fingerprint density at radius 3 is 2.09 bits per heavy atom. The van der Waals surface area contributed by atoms with E-state index in [2.05, 4.69) is 20.8 Å². The molecule has 11 heavy (non-hydrogen) atoms. The quantitative estimate of drug-likeness (QED) is 0.721. The zero-order valence-corrected chi connectivity index (χ0v) is 8.70. The summed E-state index contributed by atoms with van der Waals surface area (Å²) in [7, 11) is 0. The smallest absolute Gasteiger partial charge is 0.0622 e.